The first kappa shape index (κ1) is 25.3. The largest absolute Gasteiger partial charge is 0.441 e. The maximum absolute atomic E-state index is 6.83. The van der Waals surface area contributed by atoms with Crippen molar-refractivity contribution in [2.24, 2.45) is 0 Å². The van der Waals surface area contributed by atoms with Gasteiger partial charge in [-0.25, -0.2) is 0 Å². The number of para-hydroxylation sites is 3. The molecule has 0 N–H and O–H groups in total. The van der Waals surface area contributed by atoms with Crippen LogP contribution < -0.4 is 10.9 Å². The first-order chi connectivity index (χ1) is 22.6. The zero-order valence-electron chi connectivity index (χ0n) is 26.4. The zero-order chi connectivity index (χ0) is 30.5. The van der Waals surface area contributed by atoms with E-state index in [0.717, 1.165) is 17.7 Å². The standard InChI is InChI=1S/C42H33BN2O/c1-4-5-6-13-24-22-30-25-16-11-17-29-36-27-15-8-10-21-34(27)46-41(36)45(38(25)29)43-32-20-12-18-28-35-26-14-7-9-19-31(26)42(2,3)40(35)44(39(28)32)33(23-24)37(30)43/h7-12,14-23H,4-6,13H2,1-3H3. The number of fused-ring (bicyclic) bond motifs is 14. The molecule has 0 bridgehead atoms. The minimum absolute atomic E-state index is 0.0229. The van der Waals surface area contributed by atoms with Gasteiger partial charge in [0.15, 0.2) is 5.71 Å². The fourth-order valence-corrected chi connectivity index (χ4v) is 9.63. The molecule has 0 saturated carbocycles. The molecular formula is C42H33BN2O. The van der Waals surface area contributed by atoms with Crippen LogP contribution in [0.2, 0.25) is 0 Å². The molecule has 2 aliphatic heterocycles. The molecular weight excluding hydrogens is 559 g/mol. The summed E-state index contributed by atoms with van der Waals surface area (Å²) in [5.41, 5.74) is 18.4. The number of benzene rings is 5. The lowest BCUT2D eigenvalue weighted by Crippen LogP contribution is -2.55. The van der Waals surface area contributed by atoms with E-state index in [4.69, 9.17) is 4.42 Å². The molecule has 0 unspecified atom stereocenters. The van der Waals surface area contributed by atoms with Crippen molar-refractivity contribution >= 4 is 61.6 Å². The minimum Gasteiger partial charge on any atom is -0.441 e. The van der Waals surface area contributed by atoms with E-state index in [1.54, 1.807) is 0 Å². The van der Waals surface area contributed by atoms with Crippen LogP contribution in [0.15, 0.2) is 101 Å². The predicted molar refractivity (Wildman–Crippen MR) is 193 cm³/mol. The Bertz CT molecular complexity index is 2640. The second-order valence-corrected chi connectivity index (χ2v) is 14.3. The summed E-state index contributed by atoms with van der Waals surface area (Å²) >= 11 is 0. The Morgan fingerprint density at radius 1 is 0.739 bits per heavy atom. The number of furan rings is 1. The van der Waals surface area contributed by atoms with Gasteiger partial charge in [0.1, 0.15) is 5.58 Å². The molecule has 220 valence electrons. The van der Waals surface area contributed by atoms with Crippen molar-refractivity contribution in [1.29, 1.82) is 0 Å². The smallest absolute Gasteiger partial charge is 0.336 e. The Labute approximate surface area is 268 Å². The van der Waals surface area contributed by atoms with Gasteiger partial charge in [-0.15, -0.1) is 0 Å². The zero-order valence-corrected chi connectivity index (χ0v) is 26.4. The third-order valence-electron chi connectivity index (χ3n) is 11.5. The molecule has 3 aromatic heterocycles. The van der Waals surface area contributed by atoms with Gasteiger partial charge in [-0.1, -0.05) is 119 Å². The number of unbranched alkanes of at least 4 members (excludes halogenated alkanes) is 2. The second kappa shape index (κ2) is 8.44. The number of hydrogen-bond donors (Lipinski definition) is 0. The predicted octanol–water partition coefficient (Wildman–Crippen LogP) is 9.47. The molecule has 3 nitrogen and oxygen atoms in total. The highest BCUT2D eigenvalue weighted by Gasteiger charge is 2.47. The van der Waals surface area contributed by atoms with E-state index in [1.807, 2.05) is 0 Å². The van der Waals surface area contributed by atoms with Gasteiger partial charge < -0.3 is 13.5 Å². The Morgan fingerprint density at radius 3 is 2.43 bits per heavy atom. The van der Waals surface area contributed by atoms with Crippen LogP contribution in [0.5, 0.6) is 0 Å². The highest BCUT2D eigenvalue weighted by Crippen LogP contribution is 2.54. The van der Waals surface area contributed by atoms with Gasteiger partial charge in [-0.05, 0) is 58.2 Å². The quantitative estimate of drug-likeness (QED) is 0.148. The highest BCUT2D eigenvalue weighted by molar-refractivity contribution is 6.90. The maximum Gasteiger partial charge on any atom is 0.336 e. The Morgan fingerprint density at radius 2 is 1.52 bits per heavy atom. The summed E-state index contributed by atoms with van der Waals surface area (Å²) in [6.07, 6.45) is 4.79. The monoisotopic (exact) mass is 592 g/mol. The molecule has 0 radical (unpaired) electrons. The lowest BCUT2D eigenvalue weighted by molar-refractivity contribution is 0.624. The van der Waals surface area contributed by atoms with Crippen LogP contribution >= 0.6 is 0 Å². The van der Waals surface area contributed by atoms with E-state index in [2.05, 4.69) is 127 Å². The molecule has 5 heterocycles. The average Bonchev–Trinajstić information content (AvgIpc) is 3.78. The van der Waals surface area contributed by atoms with Crippen LogP contribution in [0.3, 0.4) is 0 Å². The average molecular weight is 593 g/mol. The summed E-state index contributed by atoms with van der Waals surface area (Å²) < 4.78 is 12.1. The van der Waals surface area contributed by atoms with Gasteiger partial charge in [0.25, 0.3) is 0 Å². The summed E-state index contributed by atoms with van der Waals surface area (Å²) in [6, 6.07) is 36.6. The summed E-state index contributed by atoms with van der Waals surface area (Å²) in [6.45, 7) is 7.17. The van der Waals surface area contributed by atoms with E-state index in [0.29, 0.717) is 0 Å². The van der Waals surface area contributed by atoms with E-state index in [9.17, 15) is 0 Å². The Balaban J connectivity index is 1.34. The van der Waals surface area contributed by atoms with Crippen LogP contribution in [-0.4, -0.2) is 15.9 Å². The van der Waals surface area contributed by atoms with Crippen molar-refractivity contribution in [3.63, 3.8) is 0 Å². The number of hydrogen-bond acceptors (Lipinski definition) is 1. The van der Waals surface area contributed by atoms with E-state index in [-0.39, 0.29) is 12.3 Å². The first-order valence-corrected chi connectivity index (χ1v) is 17.0. The van der Waals surface area contributed by atoms with E-state index < -0.39 is 0 Å². The third-order valence-corrected chi connectivity index (χ3v) is 11.5. The summed E-state index contributed by atoms with van der Waals surface area (Å²) in [5, 5.41) is 5.07. The molecule has 8 aromatic rings. The number of rotatable bonds is 4. The van der Waals surface area contributed by atoms with Crippen molar-refractivity contribution in [1.82, 2.24) is 9.05 Å². The van der Waals surface area contributed by atoms with Gasteiger partial charge in [0, 0.05) is 49.6 Å². The second-order valence-electron chi connectivity index (χ2n) is 14.3. The van der Waals surface area contributed by atoms with Crippen LogP contribution in [0.4, 0.5) is 0 Å². The normalized spacial score (nSPS) is 14.9. The Kier molecular flexibility index (Phi) is 4.64. The number of aryl methyl sites for hydroxylation is 1. The Hall–Kier alpha value is -4.96. The molecule has 1 aliphatic carbocycles. The molecule has 0 spiro atoms. The van der Waals surface area contributed by atoms with Gasteiger partial charge in [-0.2, -0.15) is 0 Å². The topological polar surface area (TPSA) is 23.0 Å². The van der Waals surface area contributed by atoms with Crippen molar-refractivity contribution in [2.75, 3.05) is 0 Å². The molecule has 0 fully saturated rings. The SMILES string of the molecule is CCCCCc1cc2c3c(c1)-n1c4c(c5cccc(c51)B3n1c3oc5ccccc5c3c3cccc-2c31)-c1ccccc1C4(C)C. The lowest BCUT2D eigenvalue weighted by Gasteiger charge is -2.35. The van der Waals surface area contributed by atoms with Crippen molar-refractivity contribution in [3.8, 4) is 27.9 Å². The molecule has 11 rings (SSSR count). The number of aromatic nitrogens is 2. The molecule has 0 saturated heterocycles. The van der Waals surface area contributed by atoms with Gasteiger partial charge in [0.2, 0.25) is 0 Å². The lowest BCUT2D eigenvalue weighted by atomic mass is 9.45. The first-order valence-electron chi connectivity index (χ1n) is 17.0. The van der Waals surface area contributed by atoms with Crippen LogP contribution in [0, 0.1) is 0 Å². The maximum atomic E-state index is 6.83. The van der Waals surface area contributed by atoms with Gasteiger partial charge in [-0.3, -0.25) is 0 Å². The molecule has 4 heteroatoms. The summed E-state index contributed by atoms with van der Waals surface area (Å²) in [5.74, 6) is 0. The minimum atomic E-state index is -0.126. The van der Waals surface area contributed by atoms with Crippen LogP contribution in [0.1, 0.15) is 56.9 Å². The highest BCUT2D eigenvalue weighted by atomic mass is 16.3. The van der Waals surface area contributed by atoms with Crippen LogP contribution in [-0.2, 0) is 11.8 Å². The van der Waals surface area contributed by atoms with Gasteiger partial charge >= 0.3 is 6.85 Å². The third kappa shape index (κ3) is 2.80. The molecule has 46 heavy (non-hydrogen) atoms. The van der Waals surface area contributed by atoms with Crippen molar-refractivity contribution in [2.45, 2.75) is 51.9 Å². The number of nitrogens with zero attached hydrogens (tertiary/aromatic N) is 2. The summed E-state index contributed by atoms with van der Waals surface area (Å²) in [4.78, 5) is 0. The molecule has 5 aromatic carbocycles. The van der Waals surface area contributed by atoms with E-state index >= 15 is 0 Å². The fraction of sp³-hybridized carbons (Fsp3) is 0.190. The van der Waals surface area contributed by atoms with Crippen molar-refractivity contribution in [3.05, 3.63) is 114 Å². The molecule has 3 aliphatic rings. The molecule has 0 atom stereocenters. The van der Waals surface area contributed by atoms with Crippen LogP contribution in [0.25, 0.3) is 71.8 Å². The summed E-state index contributed by atoms with van der Waals surface area (Å²) in [7, 11) is 0. The fourth-order valence-electron chi connectivity index (χ4n) is 9.63. The van der Waals surface area contributed by atoms with E-state index in [1.165, 1.54) is 108 Å². The molecule has 0 amide bonds. The van der Waals surface area contributed by atoms with Crippen molar-refractivity contribution < 1.29 is 4.42 Å². The van der Waals surface area contributed by atoms with Gasteiger partial charge in [0.05, 0.1) is 10.9 Å².